The fraction of sp³-hybridized carbons (Fsp3) is 0.0714. The van der Waals surface area contributed by atoms with Crippen molar-refractivity contribution in [2.24, 2.45) is 0 Å². The van der Waals surface area contributed by atoms with E-state index in [0.29, 0.717) is 27.0 Å². The minimum Gasteiger partial charge on any atom is -0.484 e. The molecule has 7 nitrogen and oxygen atoms in total. The van der Waals surface area contributed by atoms with Crippen LogP contribution in [0.25, 0.3) is 0 Å². The highest BCUT2D eigenvalue weighted by Gasteiger charge is 2.17. The van der Waals surface area contributed by atoms with Crippen molar-refractivity contribution in [3.63, 3.8) is 0 Å². The molecule has 4 rings (SSSR count). The van der Waals surface area contributed by atoms with Crippen LogP contribution in [0.2, 0.25) is 10.0 Å². The summed E-state index contributed by atoms with van der Waals surface area (Å²) < 4.78 is 33.4. The molecular weight excluding hydrogens is 547 g/mol. The number of carbonyl (C=O) groups excluding carboxylic acids is 2. The van der Waals surface area contributed by atoms with Gasteiger partial charge in [-0.3, -0.25) is 14.3 Å². The molecule has 0 radical (unpaired) electrons. The standard InChI is InChI=1S/C28H22Cl2N2O5S/c1-18-7-9-21(16-25(18)30)32-38(35,36)23-12-10-22(11-13-23)37-17-27(33)31-26-14-8-20(29)15-24(26)28(34)19-5-3-2-4-6-19/h2-16,32H,17H2,1H3,(H,31,33). The van der Waals surface area contributed by atoms with Crippen LogP contribution in [0.1, 0.15) is 21.5 Å². The second-order valence-corrected chi connectivity index (χ2v) is 10.8. The monoisotopic (exact) mass is 568 g/mol. The largest absolute Gasteiger partial charge is 0.484 e. The average Bonchev–Trinajstić information content (AvgIpc) is 2.91. The minimum atomic E-state index is -3.86. The Kier molecular flexibility index (Phi) is 8.36. The SMILES string of the molecule is Cc1ccc(NS(=O)(=O)c2ccc(OCC(=O)Nc3ccc(Cl)cc3C(=O)c3ccccc3)cc2)cc1Cl. The van der Waals surface area contributed by atoms with Crippen molar-refractivity contribution < 1.29 is 22.7 Å². The molecule has 0 bridgehead atoms. The van der Waals surface area contributed by atoms with E-state index in [1.54, 1.807) is 54.6 Å². The van der Waals surface area contributed by atoms with E-state index >= 15 is 0 Å². The summed E-state index contributed by atoms with van der Waals surface area (Å²) in [5.74, 6) is -0.513. The van der Waals surface area contributed by atoms with Gasteiger partial charge in [-0.05, 0) is 67.1 Å². The van der Waals surface area contributed by atoms with Gasteiger partial charge in [0.15, 0.2) is 12.4 Å². The number of ketones is 1. The Balaban J connectivity index is 1.39. The first-order valence-electron chi connectivity index (χ1n) is 11.3. The van der Waals surface area contributed by atoms with Gasteiger partial charge in [0.2, 0.25) is 0 Å². The third-order valence-electron chi connectivity index (χ3n) is 5.46. The van der Waals surface area contributed by atoms with Gasteiger partial charge in [-0.25, -0.2) is 8.42 Å². The summed E-state index contributed by atoms with van der Waals surface area (Å²) in [6, 6.07) is 23.7. The lowest BCUT2D eigenvalue weighted by molar-refractivity contribution is -0.118. The van der Waals surface area contributed by atoms with E-state index in [2.05, 4.69) is 10.0 Å². The van der Waals surface area contributed by atoms with E-state index in [4.69, 9.17) is 27.9 Å². The third-order valence-corrected chi connectivity index (χ3v) is 7.50. The van der Waals surface area contributed by atoms with E-state index in [9.17, 15) is 18.0 Å². The zero-order valence-corrected chi connectivity index (χ0v) is 22.4. The number of hydrogen-bond donors (Lipinski definition) is 2. The maximum atomic E-state index is 12.9. The first-order chi connectivity index (χ1) is 18.1. The highest BCUT2D eigenvalue weighted by molar-refractivity contribution is 7.92. The van der Waals surface area contributed by atoms with Gasteiger partial charge in [0.1, 0.15) is 5.75 Å². The predicted octanol–water partition coefficient (Wildman–Crippen LogP) is 6.35. The van der Waals surface area contributed by atoms with E-state index < -0.39 is 15.9 Å². The molecule has 0 aromatic heterocycles. The van der Waals surface area contributed by atoms with Crippen molar-refractivity contribution >= 4 is 56.3 Å². The number of carbonyl (C=O) groups is 2. The van der Waals surface area contributed by atoms with Crippen molar-refractivity contribution in [1.82, 2.24) is 0 Å². The lowest BCUT2D eigenvalue weighted by Crippen LogP contribution is -2.21. The number of ether oxygens (including phenoxy) is 1. The van der Waals surface area contributed by atoms with Crippen LogP contribution in [0, 0.1) is 6.92 Å². The predicted molar refractivity (Wildman–Crippen MR) is 149 cm³/mol. The Labute approximate surface area is 230 Å². The van der Waals surface area contributed by atoms with Gasteiger partial charge in [0.25, 0.3) is 15.9 Å². The van der Waals surface area contributed by atoms with Crippen LogP contribution in [0.4, 0.5) is 11.4 Å². The van der Waals surface area contributed by atoms with E-state index in [1.165, 1.54) is 36.4 Å². The summed E-state index contributed by atoms with van der Waals surface area (Å²) in [5.41, 5.74) is 2.16. The molecule has 0 spiro atoms. The van der Waals surface area contributed by atoms with Gasteiger partial charge in [-0.1, -0.05) is 59.6 Å². The Morgan fingerprint density at radius 3 is 2.26 bits per heavy atom. The quantitative estimate of drug-likeness (QED) is 0.229. The topological polar surface area (TPSA) is 102 Å². The molecule has 38 heavy (non-hydrogen) atoms. The maximum Gasteiger partial charge on any atom is 0.262 e. The molecule has 10 heteroatoms. The molecule has 2 N–H and O–H groups in total. The smallest absolute Gasteiger partial charge is 0.262 e. The molecular formula is C28H22Cl2N2O5S. The molecule has 0 aliphatic heterocycles. The summed E-state index contributed by atoms with van der Waals surface area (Å²) in [6.45, 7) is 1.45. The lowest BCUT2D eigenvalue weighted by atomic mass is 10.0. The molecule has 0 fully saturated rings. The van der Waals surface area contributed by atoms with E-state index in [-0.39, 0.29) is 28.6 Å². The van der Waals surface area contributed by atoms with Gasteiger partial charge in [-0.2, -0.15) is 0 Å². The number of halogens is 2. The van der Waals surface area contributed by atoms with Crippen LogP contribution >= 0.6 is 23.2 Å². The molecule has 0 aliphatic carbocycles. The van der Waals surface area contributed by atoms with Crippen LogP contribution < -0.4 is 14.8 Å². The fourth-order valence-corrected chi connectivity index (χ4v) is 4.88. The van der Waals surface area contributed by atoms with Crippen molar-refractivity contribution in [3.05, 3.63) is 118 Å². The van der Waals surface area contributed by atoms with Crippen LogP contribution in [0.15, 0.2) is 95.9 Å². The van der Waals surface area contributed by atoms with Gasteiger partial charge < -0.3 is 10.1 Å². The molecule has 0 saturated heterocycles. The number of hydrogen-bond acceptors (Lipinski definition) is 5. The van der Waals surface area contributed by atoms with Crippen LogP contribution in [0.3, 0.4) is 0 Å². The zero-order chi connectivity index (χ0) is 27.3. The number of aryl methyl sites for hydroxylation is 1. The first kappa shape index (κ1) is 27.2. The van der Waals surface area contributed by atoms with Crippen molar-refractivity contribution in [1.29, 1.82) is 0 Å². The Hall–Kier alpha value is -3.85. The van der Waals surface area contributed by atoms with Gasteiger partial charge in [-0.15, -0.1) is 0 Å². The molecule has 4 aromatic carbocycles. The molecule has 0 aliphatic rings. The summed E-state index contributed by atoms with van der Waals surface area (Å²) in [6.07, 6.45) is 0. The van der Waals surface area contributed by atoms with Crippen molar-refractivity contribution in [2.75, 3.05) is 16.6 Å². The Morgan fingerprint density at radius 1 is 0.868 bits per heavy atom. The fourth-order valence-electron chi connectivity index (χ4n) is 3.48. The highest BCUT2D eigenvalue weighted by Crippen LogP contribution is 2.25. The molecule has 4 aromatic rings. The van der Waals surface area contributed by atoms with E-state index in [1.807, 2.05) is 6.92 Å². The maximum absolute atomic E-state index is 12.9. The Bertz CT molecular complexity index is 1590. The first-order valence-corrected chi connectivity index (χ1v) is 13.6. The Morgan fingerprint density at radius 2 is 1.58 bits per heavy atom. The van der Waals surface area contributed by atoms with E-state index in [0.717, 1.165) is 5.56 Å². The van der Waals surface area contributed by atoms with Crippen molar-refractivity contribution in [2.45, 2.75) is 11.8 Å². The zero-order valence-electron chi connectivity index (χ0n) is 20.1. The van der Waals surface area contributed by atoms with Gasteiger partial charge in [0, 0.05) is 21.2 Å². The summed E-state index contributed by atoms with van der Waals surface area (Å²) >= 11 is 12.2. The lowest BCUT2D eigenvalue weighted by Gasteiger charge is -2.12. The van der Waals surface area contributed by atoms with Crippen LogP contribution in [0.5, 0.6) is 5.75 Å². The third kappa shape index (κ3) is 6.72. The second kappa shape index (κ2) is 11.7. The number of anilines is 2. The number of sulfonamides is 1. The second-order valence-electron chi connectivity index (χ2n) is 8.26. The van der Waals surface area contributed by atoms with Crippen LogP contribution in [-0.4, -0.2) is 26.7 Å². The molecule has 0 saturated carbocycles. The summed E-state index contributed by atoms with van der Waals surface area (Å²) in [4.78, 5) is 25.5. The minimum absolute atomic E-state index is 0.0104. The normalized spacial score (nSPS) is 11.0. The van der Waals surface area contributed by atoms with Gasteiger partial charge >= 0.3 is 0 Å². The van der Waals surface area contributed by atoms with Gasteiger partial charge in [0.05, 0.1) is 16.3 Å². The summed E-state index contributed by atoms with van der Waals surface area (Å²) in [7, 11) is -3.86. The number of nitrogens with one attached hydrogen (secondary N) is 2. The molecule has 0 atom stereocenters. The molecule has 0 heterocycles. The molecule has 1 amide bonds. The number of amides is 1. The number of rotatable bonds is 9. The average molecular weight is 569 g/mol. The van der Waals surface area contributed by atoms with Crippen molar-refractivity contribution in [3.8, 4) is 5.75 Å². The van der Waals surface area contributed by atoms with Crippen LogP contribution in [-0.2, 0) is 14.8 Å². The molecule has 0 unspecified atom stereocenters. The number of benzene rings is 4. The summed E-state index contributed by atoms with van der Waals surface area (Å²) in [5, 5.41) is 3.47. The highest BCUT2D eigenvalue weighted by atomic mass is 35.5. The molecule has 194 valence electrons.